The highest BCUT2D eigenvalue weighted by Crippen LogP contribution is 2.26. The van der Waals surface area contributed by atoms with E-state index < -0.39 is 18.6 Å². The Labute approximate surface area is 118 Å². The van der Waals surface area contributed by atoms with Gasteiger partial charge in [0.15, 0.2) is 0 Å². The van der Waals surface area contributed by atoms with Crippen LogP contribution < -0.4 is 10.2 Å². The Morgan fingerprint density at radius 3 is 2.86 bits per heavy atom. The SMILES string of the molecule is CCNC(=O)C1CC(=O)N(c2cnn(CC(F)(F)F)c2)C1. The molecule has 1 aliphatic heterocycles. The second-order valence-electron chi connectivity index (χ2n) is 4.81. The summed E-state index contributed by atoms with van der Waals surface area (Å²) in [6.07, 6.45) is -1.96. The van der Waals surface area contributed by atoms with Crippen molar-refractivity contribution in [3.63, 3.8) is 0 Å². The van der Waals surface area contributed by atoms with Crippen LogP contribution in [0.1, 0.15) is 13.3 Å². The van der Waals surface area contributed by atoms with E-state index in [9.17, 15) is 22.8 Å². The summed E-state index contributed by atoms with van der Waals surface area (Å²) in [5.41, 5.74) is 0.274. The highest BCUT2D eigenvalue weighted by Gasteiger charge is 2.36. The Balaban J connectivity index is 2.05. The van der Waals surface area contributed by atoms with Crippen molar-refractivity contribution < 1.29 is 22.8 Å². The quantitative estimate of drug-likeness (QED) is 0.900. The summed E-state index contributed by atoms with van der Waals surface area (Å²) in [4.78, 5) is 24.9. The number of carbonyl (C=O) groups is 2. The average Bonchev–Trinajstić information content (AvgIpc) is 2.94. The van der Waals surface area contributed by atoms with E-state index in [1.165, 1.54) is 11.1 Å². The summed E-state index contributed by atoms with van der Waals surface area (Å²) in [7, 11) is 0. The lowest BCUT2D eigenvalue weighted by molar-refractivity contribution is -0.142. The largest absolute Gasteiger partial charge is 0.408 e. The third-order valence-electron chi connectivity index (χ3n) is 3.12. The van der Waals surface area contributed by atoms with Gasteiger partial charge in [0.25, 0.3) is 0 Å². The number of amides is 2. The molecule has 1 saturated heterocycles. The summed E-state index contributed by atoms with van der Waals surface area (Å²) >= 11 is 0. The van der Waals surface area contributed by atoms with Crippen LogP contribution in [0.4, 0.5) is 18.9 Å². The second kappa shape index (κ2) is 5.74. The van der Waals surface area contributed by atoms with Gasteiger partial charge < -0.3 is 10.2 Å². The van der Waals surface area contributed by atoms with Gasteiger partial charge >= 0.3 is 6.18 Å². The molecule has 1 fully saturated rings. The fourth-order valence-electron chi connectivity index (χ4n) is 2.21. The molecule has 9 heteroatoms. The molecule has 0 bridgehead atoms. The van der Waals surface area contributed by atoms with Gasteiger partial charge in [0.1, 0.15) is 6.54 Å². The number of carbonyl (C=O) groups excluding carboxylic acids is 2. The number of alkyl halides is 3. The van der Waals surface area contributed by atoms with Gasteiger partial charge in [-0.05, 0) is 6.92 Å². The third kappa shape index (κ3) is 3.73. The molecule has 1 atom stereocenters. The molecule has 1 unspecified atom stereocenters. The predicted molar refractivity (Wildman–Crippen MR) is 67.4 cm³/mol. The van der Waals surface area contributed by atoms with Gasteiger partial charge in [-0.3, -0.25) is 14.3 Å². The van der Waals surface area contributed by atoms with E-state index in [4.69, 9.17) is 0 Å². The standard InChI is InChI=1S/C12H15F3N4O2/c1-2-16-11(21)8-3-10(20)19(5-8)9-4-17-18(6-9)7-12(13,14)15/h4,6,8H,2-3,5,7H2,1H3,(H,16,21). The molecule has 6 nitrogen and oxygen atoms in total. The summed E-state index contributed by atoms with van der Waals surface area (Å²) < 4.78 is 37.5. The monoisotopic (exact) mass is 304 g/mol. The first-order valence-corrected chi connectivity index (χ1v) is 6.47. The van der Waals surface area contributed by atoms with Crippen molar-refractivity contribution in [2.75, 3.05) is 18.0 Å². The second-order valence-corrected chi connectivity index (χ2v) is 4.81. The van der Waals surface area contributed by atoms with E-state index in [1.54, 1.807) is 6.92 Å². The Hall–Kier alpha value is -2.06. The zero-order valence-corrected chi connectivity index (χ0v) is 11.4. The van der Waals surface area contributed by atoms with E-state index in [-0.39, 0.29) is 30.5 Å². The molecule has 0 spiro atoms. The van der Waals surface area contributed by atoms with Gasteiger partial charge in [0.05, 0.1) is 17.8 Å². The van der Waals surface area contributed by atoms with Crippen LogP contribution in [0.2, 0.25) is 0 Å². The third-order valence-corrected chi connectivity index (χ3v) is 3.12. The fraction of sp³-hybridized carbons (Fsp3) is 0.583. The Bertz CT molecular complexity index is 541. The van der Waals surface area contributed by atoms with Crippen LogP contribution in [0.15, 0.2) is 12.4 Å². The van der Waals surface area contributed by atoms with E-state index in [2.05, 4.69) is 10.4 Å². The van der Waals surface area contributed by atoms with Crippen molar-refractivity contribution in [2.24, 2.45) is 5.92 Å². The molecule has 116 valence electrons. The molecule has 2 rings (SSSR count). The van der Waals surface area contributed by atoms with Crippen LogP contribution in [0.25, 0.3) is 0 Å². The number of nitrogens with one attached hydrogen (secondary N) is 1. The van der Waals surface area contributed by atoms with Crippen molar-refractivity contribution >= 4 is 17.5 Å². The molecule has 1 aromatic heterocycles. The van der Waals surface area contributed by atoms with Crippen molar-refractivity contribution in [1.82, 2.24) is 15.1 Å². The van der Waals surface area contributed by atoms with Gasteiger partial charge in [-0.1, -0.05) is 0 Å². The van der Waals surface area contributed by atoms with E-state index in [1.807, 2.05) is 0 Å². The molecule has 0 radical (unpaired) electrons. The molecular weight excluding hydrogens is 289 g/mol. The topological polar surface area (TPSA) is 67.2 Å². The number of halogens is 3. The minimum absolute atomic E-state index is 0.0519. The predicted octanol–water partition coefficient (Wildman–Crippen LogP) is 0.934. The summed E-state index contributed by atoms with van der Waals surface area (Å²) in [6.45, 7) is 1.18. The van der Waals surface area contributed by atoms with Crippen LogP contribution in [0.5, 0.6) is 0 Å². The Morgan fingerprint density at radius 2 is 2.24 bits per heavy atom. The smallest absolute Gasteiger partial charge is 0.356 e. The molecular formula is C12H15F3N4O2. The van der Waals surface area contributed by atoms with E-state index in [0.29, 0.717) is 6.54 Å². The molecule has 2 amide bonds. The van der Waals surface area contributed by atoms with Crippen LogP contribution >= 0.6 is 0 Å². The maximum absolute atomic E-state index is 12.3. The normalized spacial score (nSPS) is 19.1. The first kappa shape index (κ1) is 15.3. The van der Waals surface area contributed by atoms with Gasteiger partial charge in [-0.15, -0.1) is 0 Å². The molecule has 1 N–H and O–H groups in total. The Kier molecular flexibility index (Phi) is 4.19. The molecule has 1 aromatic rings. The lowest BCUT2D eigenvalue weighted by Crippen LogP contribution is -2.32. The Morgan fingerprint density at radius 1 is 1.52 bits per heavy atom. The van der Waals surface area contributed by atoms with Gasteiger partial charge in [-0.25, -0.2) is 0 Å². The number of hydrogen-bond donors (Lipinski definition) is 1. The number of nitrogens with zero attached hydrogens (tertiary/aromatic N) is 3. The van der Waals surface area contributed by atoms with Crippen molar-refractivity contribution in [1.29, 1.82) is 0 Å². The molecule has 21 heavy (non-hydrogen) atoms. The van der Waals surface area contributed by atoms with E-state index in [0.717, 1.165) is 10.9 Å². The highest BCUT2D eigenvalue weighted by molar-refractivity contribution is 6.00. The number of anilines is 1. The van der Waals surface area contributed by atoms with Crippen LogP contribution in [0.3, 0.4) is 0 Å². The maximum Gasteiger partial charge on any atom is 0.408 e. The number of aromatic nitrogens is 2. The first-order valence-electron chi connectivity index (χ1n) is 6.47. The molecule has 0 saturated carbocycles. The number of rotatable bonds is 4. The summed E-state index contributed by atoms with van der Waals surface area (Å²) in [6, 6.07) is 0. The fourth-order valence-corrected chi connectivity index (χ4v) is 2.21. The minimum Gasteiger partial charge on any atom is -0.356 e. The summed E-state index contributed by atoms with van der Waals surface area (Å²) in [5.74, 6) is -1.00. The zero-order valence-electron chi connectivity index (χ0n) is 11.4. The molecule has 1 aliphatic rings. The van der Waals surface area contributed by atoms with Gasteiger partial charge in [0, 0.05) is 25.7 Å². The minimum atomic E-state index is -4.37. The lowest BCUT2D eigenvalue weighted by Gasteiger charge is -2.14. The lowest BCUT2D eigenvalue weighted by atomic mass is 10.1. The molecule has 2 heterocycles. The number of hydrogen-bond acceptors (Lipinski definition) is 3. The van der Waals surface area contributed by atoms with Gasteiger partial charge in [-0.2, -0.15) is 18.3 Å². The van der Waals surface area contributed by atoms with Crippen LogP contribution in [-0.4, -0.2) is 40.9 Å². The van der Waals surface area contributed by atoms with Crippen molar-refractivity contribution in [3.8, 4) is 0 Å². The van der Waals surface area contributed by atoms with E-state index >= 15 is 0 Å². The first-order chi connectivity index (χ1) is 9.80. The van der Waals surface area contributed by atoms with Crippen LogP contribution in [0, 0.1) is 5.92 Å². The molecule has 0 aromatic carbocycles. The molecule has 0 aliphatic carbocycles. The van der Waals surface area contributed by atoms with Crippen molar-refractivity contribution in [3.05, 3.63) is 12.4 Å². The van der Waals surface area contributed by atoms with Crippen molar-refractivity contribution in [2.45, 2.75) is 26.1 Å². The summed E-state index contributed by atoms with van der Waals surface area (Å²) in [5, 5.41) is 6.22. The maximum atomic E-state index is 12.3. The van der Waals surface area contributed by atoms with Crippen LogP contribution in [-0.2, 0) is 16.1 Å². The average molecular weight is 304 g/mol. The zero-order chi connectivity index (χ0) is 15.6. The van der Waals surface area contributed by atoms with Gasteiger partial charge in [0.2, 0.25) is 11.8 Å². The highest BCUT2D eigenvalue weighted by atomic mass is 19.4.